The van der Waals surface area contributed by atoms with E-state index in [1.54, 1.807) is 6.92 Å². The van der Waals surface area contributed by atoms with Crippen molar-refractivity contribution in [3.8, 4) is 0 Å². The number of hydrogen-bond acceptors (Lipinski definition) is 4. The number of carbonyl (C=O) groups excluding carboxylic acids is 2. The molecule has 2 heterocycles. The van der Waals surface area contributed by atoms with Crippen LogP contribution in [0.1, 0.15) is 28.4 Å². The van der Waals surface area contributed by atoms with Crippen molar-refractivity contribution in [3.05, 3.63) is 59.5 Å². The highest BCUT2D eigenvalue weighted by atomic mass is 16.4. The maximum atomic E-state index is 12.8. The zero-order chi connectivity index (χ0) is 18.0. The van der Waals surface area contributed by atoms with Crippen molar-refractivity contribution in [2.45, 2.75) is 32.0 Å². The van der Waals surface area contributed by atoms with Crippen LogP contribution in [-0.4, -0.2) is 39.9 Å². The SMILES string of the molecule is CC(NC(=O)c1ccoc1)C(=O)N1Cc2ccccc2CC1C(=O)O. The molecule has 2 aromatic rings. The molecule has 0 saturated carbocycles. The quantitative estimate of drug-likeness (QED) is 0.876. The number of amides is 2. The third kappa shape index (κ3) is 3.40. The molecule has 1 aromatic heterocycles. The van der Waals surface area contributed by atoms with Crippen LogP contribution in [-0.2, 0) is 22.6 Å². The molecule has 7 nitrogen and oxygen atoms in total. The van der Waals surface area contributed by atoms with Gasteiger partial charge in [0.05, 0.1) is 11.8 Å². The maximum absolute atomic E-state index is 12.8. The van der Waals surface area contributed by atoms with Gasteiger partial charge < -0.3 is 19.7 Å². The van der Waals surface area contributed by atoms with Crippen LogP contribution in [0.2, 0.25) is 0 Å². The van der Waals surface area contributed by atoms with E-state index >= 15 is 0 Å². The molecule has 2 atom stereocenters. The fourth-order valence-electron chi connectivity index (χ4n) is 2.96. The molecule has 2 unspecified atom stereocenters. The molecule has 0 aliphatic carbocycles. The Hall–Kier alpha value is -3.09. The number of fused-ring (bicyclic) bond motifs is 1. The van der Waals surface area contributed by atoms with Crippen LogP contribution in [0.5, 0.6) is 0 Å². The summed E-state index contributed by atoms with van der Waals surface area (Å²) in [6.07, 6.45) is 2.90. The highest BCUT2D eigenvalue weighted by Gasteiger charge is 2.36. The van der Waals surface area contributed by atoms with Crippen LogP contribution in [0.25, 0.3) is 0 Å². The van der Waals surface area contributed by atoms with E-state index in [2.05, 4.69) is 5.32 Å². The lowest BCUT2D eigenvalue weighted by Gasteiger charge is -2.36. The number of hydrogen-bond donors (Lipinski definition) is 2. The minimum atomic E-state index is -1.06. The van der Waals surface area contributed by atoms with Gasteiger partial charge in [-0.15, -0.1) is 0 Å². The average Bonchev–Trinajstić information content (AvgIpc) is 3.14. The van der Waals surface area contributed by atoms with Gasteiger partial charge >= 0.3 is 5.97 Å². The molecule has 1 aliphatic heterocycles. The van der Waals surface area contributed by atoms with E-state index in [-0.39, 0.29) is 13.0 Å². The zero-order valence-electron chi connectivity index (χ0n) is 13.6. The highest BCUT2D eigenvalue weighted by molar-refractivity contribution is 5.97. The molecule has 1 aliphatic rings. The Kier molecular flexibility index (Phi) is 4.56. The van der Waals surface area contributed by atoms with Gasteiger partial charge in [-0.05, 0) is 24.1 Å². The van der Waals surface area contributed by atoms with E-state index < -0.39 is 29.9 Å². The van der Waals surface area contributed by atoms with Crippen molar-refractivity contribution in [2.75, 3.05) is 0 Å². The van der Waals surface area contributed by atoms with Crippen molar-refractivity contribution < 1.29 is 23.9 Å². The Labute approximate surface area is 144 Å². The van der Waals surface area contributed by atoms with Crippen molar-refractivity contribution in [2.24, 2.45) is 0 Å². The van der Waals surface area contributed by atoms with E-state index in [4.69, 9.17) is 4.42 Å². The summed E-state index contributed by atoms with van der Waals surface area (Å²) in [5, 5.41) is 12.1. The molecule has 1 aromatic carbocycles. The van der Waals surface area contributed by atoms with Crippen molar-refractivity contribution in [1.29, 1.82) is 0 Å². The average molecular weight is 342 g/mol. The smallest absolute Gasteiger partial charge is 0.326 e. The van der Waals surface area contributed by atoms with Crippen LogP contribution in [0.3, 0.4) is 0 Å². The molecular formula is C18H18N2O5. The molecule has 0 bridgehead atoms. The Morgan fingerprint density at radius 3 is 2.60 bits per heavy atom. The lowest BCUT2D eigenvalue weighted by atomic mass is 9.93. The van der Waals surface area contributed by atoms with Gasteiger partial charge in [-0.25, -0.2) is 4.79 Å². The van der Waals surface area contributed by atoms with Gasteiger partial charge in [-0.1, -0.05) is 24.3 Å². The summed E-state index contributed by atoms with van der Waals surface area (Å²) in [5.74, 6) is -1.94. The number of nitrogens with zero attached hydrogens (tertiary/aromatic N) is 1. The lowest BCUT2D eigenvalue weighted by molar-refractivity contribution is -0.152. The van der Waals surface area contributed by atoms with E-state index in [9.17, 15) is 19.5 Å². The van der Waals surface area contributed by atoms with E-state index in [1.807, 2.05) is 24.3 Å². The molecule has 0 spiro atoms. The van der Waals surface area contributed by atoms with Gasteiger partial charge in [-0.2, -0.15) is 0 Å². The van der Waals surface area contributed by atoms with Crippen molar-refractivity contribution in [1.82, 2.24) is 10.2 Å². The van der Waals surface area contributed by atoms with Crippen molar-refractivity contribution in [3.63, 3.8) is 0 Å². The summed E-state index contributed by atoms with van der Waals surface area (Å²) in [7, 11) is 0. The number of nitrogens with one attached hydrogen (secondary N) is 1. The number of aliphatic carboxylic acids is 1. The van der Waals surface area contributed by atoms with Crippen molar-refractivity contribution >= 4 is 17.8 Å². The molecule has 0 radical (unpaired) electrons. The largest absolute Gasteiger partial charge is 0.480 e. The number of furan rings is 1. The topological polar surface area (TPSA) is 99.9 Å². The number of benzene rings is 1. The predicted octanol–water partition coefficient (Wildman–Crippen LogP) is 1.44. The first-order chi connectivity index (χ1) is 12.0. The summed E-state index contributed by atoms with van der Waals surface area (Å²) in [6.45, 7) is 1.75. The second kappa shape index (κ2) is 6.80. The first kappa shape index (κ1) is 16.8. The predicted molar refractivity (Wildman–Crippen MR) is 87.8 cm³/mol. The molecule has 0 fully saturated rings. The molecule has 0 saturated heterocycles. The summed E-state index contributed by atoms with van der Waals surface area (Å²) >= 11 is 0. The molecular weight excluding hydrogens is 324 g/mol. The van der Waals surface area contributed by atoms with Gasteiger partial charge in [0.2, 0.25) is 5.91 Å². The van der Waals surface area contributed by atoms with Gasteiger partial charge in [0.15, 0.2) is 0 Å². The fourth-order valence-corrected chi connectivity index (χ4v) is 2.96. The van der Waals surface area contributed by atoms with Crippen LogP contribution < -0.4 is 5.32 Å². The Bertz CT molecular complexity index is 800. The summed E-state index contributed by atoms with van der Waals surface area (Å²) in [5.41, 5.74) is 2.15. The molecule has 7 heteroatoms. The third-order valence-corrected chi connectivity index (χ3v) is 4.32. The molecule has 25 heavy (non-hydrogen) atoms. The number of rotatable bonds is 4. The van der Waals surface area contributed by atoms with Gasteiger partial charge in [0.1, 0.15) is 18.3 Å². The second-order valence-electron chi connectivity index (χ2n) is 6.00. The van der Waals surface area contributed by atoms with Crippen LogP contribution in [0.4, 0.5) is 0 Å². The minimum Gasteiger partial charge on any atom is -0.480 e. The Morgan fingerprint density at radius 1 is 1.24 bits per heavy atom. The minimum absolute atomic E-state index is 0.206. The van der Waals surface area contributed by atoms with Gasteiger partial charge in [0.25, 0.3) is 5.91 Å². The monoisotopic (exact) mass is 342 g/mol. The highest BCUT2D eigenvalue weighted by Crippen LogP contribution is 2.24. The first-order valence-electron chi connectivity index (χ1n) is 7.90. The van der Waals surface area contributed by atoms with Crippen LogP contribution in [0.15, 0.2) is 47.3 Å². The number of carboxylic acids is 1. The van der Waals surface area contributed by atoms with E-state index in [0.717, 1.165) is 11.1 Å². The zero-order valence-corrected chi connectivity index (χ0v) is 13.6. The normalized spacial score (nSPS) is 17.5. The standard InChI is InChI=1S/C18H18N2O5/c1-11(19-16(21)14-6-7-25-10-14)17(22)20-9-13-5-3-2-4-12(13)8-15(20)18(23)24/h2-7,10-11,15H,8-9H2,1H3,(H,19,21)(H,23,24). The lowest BCUT2D eigenvalue weighted by Crippen LogP contribution is -2.54. The third-order valence-electron chi connectivity index (χ3n) is 4.32. The van der Waals surface area contributed by atoms with Crippen LogP contribution in [0, 0.1) is 0 Å². The van der Waals surface area contributed by atoms with Gasteiger partial charge in [0, 0.05) is 13.0 Å². The van der Waals surface area contributed by atoms with Crippen LogP contribution >= 0.6 is 0 Å². The molecule has 3 rings (SSSR count). The Balaban J connectivity index is 1.77. The molecule has 2 amide bonds. The molecule has 2 N–H and O–H groups in total. The number of carboxylic acid groups (broad SMARTS) is 1. The van der Waals surface area contributed by atoms with E-state index in [1.165, 1.54) is 23.5 Å². The number of carbonyl (C=O) groups is 3. The Morgan fingerprint density at radius 2 is 1.96 bits per heavy atom. The molecule has 130 valence electrons. The first-order valence-corrected chi connectivity index (χ1v) is 7.90. The van der Waals surface area contributed by atoms with E-state index in [0.29, 0.717) is 5.56 Å². The van der Waals surface area contributed by atoms with Gasteiger partial charge in [-0.3, -0.25) is 9.59 Å². The summed E-state index contributed by atoms with van der Waals surface area (Å²) in [6, 6.07) is 7.14. The fraction of sp³-hybridized carbons (Fsp3) is 0.278. The maximum Gasteiger partial charge on any atom is 0.326 e. The second-order valence-corrected chi connectivity index (χ2v) is 6.00. The summed E-state index contributed by atoms with van der Waals surface area (Å²) in [4.78, 5) is 37.7. The summed E-state index contributed by atoms with van der Waals surface area (Å²) < 4.78 is 4.85.